The summed E-state index contributed by atoms with van der Waals surface area (Å²) in [5.41, 5.74) is 2.74. The molecule has 0 aromatic rings. The molecule has 0 atom stereocenters. The third-order valence-electron chi connectivity index (χ3n) is 1.47. The van der Waals surface area contributed by atoms with E-state index in [9.17, 15) is 5.11 Å². The Morgan fingerprint density at radius 2 is 1.44 bits per heavy atom. The molecule has 0 fully saturated rings. The second kappa shape index (κ2) is 8.53. The van der Waals surface area contributed by atoms with Gasteiger partial charge in [-0.1, -0.05) is 0 Å². The summed E-state index contributed by atoms with van der Waals surface area (Å²) in [6.45, 7) is 15.1. The third kappa shape index (κ3) is 11.1. The number of aliphatic hydroxyl groups is 1. The molecule has 7 heteroatoms. The van der Waals surface area contributed by atoms with E-state index in [1.165, 1.54) is 0 Å². The Morgan fingerprint density at radius 1 is 1.00 bits per heavy atom. The van der Waals surface area contributed by atoms with Gasteiger partial charge in [-0.05, 0) is 0 Å². The van der Waals surface area contributed by atoms with Crippen molar-refractivity contribution in [2.24, 2.45) is 5.84 Å². The first-order chi connectivity index (χ1) is 8.07. The fourth-order valence-corrected chi connectivity index (χ4v) is 7.43. The van der Waals surface area contributed by atoms with Crippen molar-refractivity contribution < 1.29 is 48.1 Å². The molecule has 0 aromatic heterocycles. The molecule has 0 aliphatic rings. The summed E-state index contributed by atoms with van der Waals surface area (Å²) in [6.07, 6.45) is 0. The van der Waals surface area contributed by atoms with Gasteiger partial charge >= 0.3 is 134 Å². The molecule has 0 amide bonds. The zero-order valence-corrected chi connectivity index (χ0v) is 16.6. The van der Waals surface area contributed by atoms with Crippen LogP contribution in [0.5, 0.6) is 0 Å². The molecule has 0 saturated heterocycles. The summed E-state index contributed by atoms with van der Waals surface area (Å²) in [6, 6.07) is 0. The van der Waals surface area contributed by atoms with Crippen LogP contribution in [0.3, 0.4) is 0 Å². The number of nitrogens with two attached hydrogens (primary N) is 1. The van der Waals surface area contributed by atoms with Gasteiger partial charge in [-0.25, -0.2) is 0 Å². The van der Waals surface area contributed by atoms with Crippen molar-refractivity contribution in [2.45, 2.75) is 48.4 Å². The molecule has 0 radical (unpaired) electrons. The fraction of sp³-hybridized carbons (Fsp3) is 1.00. The molecule has 0 aromatic carbocycles. The molecule has 0 aliphatic carbocycles. The summed E-state index contributed by atoms with van der Waals surface area (Å²) >= 11 is -0.299. The van der Waals surface area contributed by atoms with E-state index in [1.54, 1.807) is 0 Å². The molecule has 0 spiro atoms. The molecule has 0 saturated carbocycles. The van der Waals surface area contributed by atoms with Gasteiger partial charge in [0.25, 0.3) is 0 Å². The Balaban J connectivity index is 4.44. The predicted octanol–water partition coefficient (Wildman–Crippen LogP) is -5.48. The van der Waals surface area contributed by atoms with Crippen LogP contribution in [0.4, 0.5) is 0 Å². The van der Waals surface area contributed by atoms with E-state index in [-0.39, 0.29) is 49.7 Å². The van der Waals surface area contributed by atoms with Crippen molar-refractivity contribution in [2.75, 3.05) is 20.1 Å². The topological polar surface area (TPSA) is 64.8 Å². The molecule has 114 valence electrons. The molecule has 4 N–H and O–H groups in total. The van der Waals surface area contributed by atoms with Gasteiger partial charge in [0.2, 0.25) is 0 Å². The van der Waals surface area contributed by atoms with Crippen molar-refractivity contribution in [1.82, 2.24) is 11.7 Å². The standard InChI is InChI=1S/C11H28I2N4O/c1-10(2,3)12-16(7-15-14)8-17(9-18)13-11(4,5)6/h15,18H,7-9,14H2,1-6H3/q-2. The average Bonchev–Trinajstić information content (AvgIpc) is 2.12. The van der Waals surface area contributed by atoms with Crippen molar-refractivity contribution >= 4 is 0 Å². The minimum absolute atomic E-state index is 0.118. The molecule has 0 heterocycles. The Labute approximate surface area is 133 Å². The number of hydrogen-bond acceptors (Lipinski definition) is 5. The van der Waals surface area contributed by atoms with Crippen LogP contribution in [0.1, 0.15) is 41.5 Å². The van der Waals surface area contributed by atoms with E-state index in [0.717, 1.165) is 6.67 Å². The number of nitrogens with one attached hydrogen (secondary N) is 1. The van der Waals surface area contributed by atoms with Crippen LogP contribution in [0.2, 0.25) is 0 Å². The molecular weight excluding hydrogens is 458 g/mol. The predicted molar refractivity (Wildman–Crippen MR) is 67.3 cm³/mol. The molecule has 0 unspecified atom stereocenters. The Bertz CT molecular complexity index is 228. The van der Waals surface area contributed by atoms with Gasteiger partial charge in [0.1, 0.15) is 0 Å². The van der Waals surface area contributed by atoms with Crippen LogP contribution in [0, 0.1) is 0 Å². The first-order valence-electron chi connectivity index (χ1n) is 5.94. The second-order valence-corrected chi connectivity index (χ2v) is 16.0. The molecule has 0 bridgehead atoms. The van der Waals surface area contributed by atoms with E-state index in [1.807, 2.05) is 0 Å². The van der Waals surface area contributed by atoms with Crippen molar-refractivity contribution in [3.8, 4) is 0 Å². The Morgan fingerprint density at radius 3 is 1.78 bits per heavy atom. The van der Waals surface area contributed by atoms with Crippen LogP contribution in [-0.2, 0) is 0 Å². The number of hydrogen-bond donors (Lipinski definition) is 3. The van der Waals surface area contributed by atoms with Crippen LogP contribution in [0.25, 0.3) is 0 Å². The third-order valence-corrected chi connectivity index (χ3v) is 6.98. The van der Waals surface area contributed by atoms with Gasteiger partial charge in [0, 0.05) is 0 Å². The Hall–Kier alpha value is 1.26. The van der Waals surface area contributed by atoms with Crippen LogP contribution in [0.15, 0.2) is 0 Å². The SMILES string of the molecule is CC(C)(C)[I-]N(CO)CN(CNN)[I-]C(C)(C)C. The molecule has 0 rings (SSSR count). The summed E-state index contributed by atoms with van der Waals surface area (Å²) in [5, 5.41) is 9.49. The monoisotopic (exact) mass is 486 g/mol. The van der Waals surface area contributed by atoms with E-state index in [4.69, 9.17) is 5.84 Å². The number of hydrazine groups is 1. The van der Waals surface area contributed by atoms with Gasteiger partial charge in [-0.3, -0.25) is 0 Å². The number of halogens is 2. The maximum atomic E-state index is 9.49. The number of rotatable bonds is 7. The first kappa shape index (κ1) is 19.3. The second-order valence-electron chi connectivity index (χ2n) is 5.87. The van der Waals surface area contributed by atoms with Gasteiger partial charge < -0.3 is 0 Å². The van der Waals surface area contributed by atoms with E-state index in [0.29, 0.717) is 13.5 Å². The summed E-state index contributed by atoms with van der Waals surface area (Å²) < 4.78 is 5.14. The summed E-state index contributed by atoms with van der Waals surface area (Å²) in [5.74, 6) is 5.45. The zero-order chi connectivity index (χ0) is 14.4. The van der Waals surface area contributed by atoms with Crippen LogP contribution in [-0.4, -0.2) is 38.2 Å². The van der Waals surface area contributed by atoms with E-state index >= 15 is 0 Å². The first-order valence-corrected chi connectivity index (χ1v) is 10.0. The molecular formula is C11H28I2N4O-2. The van der Waals surface area contributed by atoms with Crippen molar-refractivity contribution in [1.29, 1.82) is 0 Å². The van der Waals surface area contributed by atoms with Crippen molar-refractivity contribution in [3.63, 3.8) is 0 Å². The van der Waals surface area contributed by atoms with Gasteiger partial charge in [-0.15, -0.1) is 0 Å². The minimum atomic E-state index is -0.182. The number of nitrogens with zero attached hydrogens (tertiary/aromatic N) is 2. The van der Waals surface area contributed by atoms with Gasteiger partial charge in [0.15, 0.2) is 0 Å². The van der Waals surface area contributed by atoms with Gasteiger partial charge in [-0.2, -0.15) is 0 Å². The van der Waals surface area contributed by atoms with Crippen molar-refractivity contribution in [3.05, 3.63) is 0 Å². The van der Waals surface area contributed by atoms with Crippen LogP contribution < -0.4 is 54.2 Å². The molecule has 5 nitrogen and oxygen atoms in total. The number of alkyl halides is 2. The fourth-order valence-electron chi connectivity index (χ4n) is 1.19. The average molecular weight is 486 g/mol. The van der Waals surface area contributed by atoms with Gasteiger partial charge in [0.05, 0.1) is 0 Å². The Kier molecular flexibility index (Phi) is 9.12. The van der Waals surface area contributed by atoms with E-state index in [2.05, 4.69) is 53.2 Å². The zero-order valence-electron chi connectivity index (χ0n) is 12.3. The molecule has 18 heavy (non-hydrogen) atoms. The normalized spacial score (nSPS) is 14.1. The molecule has 0 aliphatic heterocycles. The number of aliphatic hydroxyl groups excluding tert-OH is 1. The maximum absolute atomic E-state index is 9.49. The quantitative estimate of drug-likeness (QED) is 0.0838. The summed E-state index contributed by atoms with van der Waals surface area (Å²) in [7, 11) is 0. The van der Waals surface area contributed by atoms with E-state index < -0.39 is 0 Å². The van der Waals surface area contributed by atoms with Crippen LogP contribution >= 0.6 is 0 Å². The summed E-state index contributed by atoms with van der Waals surface area (Å²) in [4.78, 5) is 0.